The number of carbonyl (C=O) groups is 1. The molecule has 0 aliphatic carbocycles. The van der Waals surface area contributed by atoms with Crippen LogP contribution in [-0.4, -0.2) is 69.2 Å². The molecule has 116 valence electrons. The van der Waals surface area contributed by atoms with Gasteiger partial charge in [0.25, 0.3) is 5.91 Å². The SMILES string of the molecule is CN(C)CCNC(=O)c1cccc(CN2CCOCC2)c1. The van der Waals surface area contributed by atoms with Crippen LogP contribution >= 0.6 is 0 Å². The van der Waals surface area contributed by atoms with Gasteiger partial charge < -0.3 is 15.0 Å². The number of benzene rings is 1. The summed E-state index contributed by atoms with van der Waals surface area (Å²) < 4.78 is 5.35. The second-order valence-corrected chi connectivity index (χ2v) is 5.65. The highest BCUT2D eigenvalue weighted by molar-refractivity contribution is 5.94. The molecule has 1 aliphatic rings. The zero-order valence-electron chi connectivity index (χ0n) is 13.0. The zero-order valence-corrected chi connectivity index (χ0v) is 13.0. The van der Waals surface area contributed by atoms with Crippen molar-refractivity contribution in [2.75, 3.05) is 53.5 Å². The first-order valence-corrected chi connectivity index (χ1v) is 7.47. The Morgan fingerprint density at radius 2 is 2.10 bits per heavy atom. The van der Waals surface area contributed by atoms with E-state index in [2.05, 4.69) is 21.2 Å². The number of morpholine rings is 1. The molecule has 0 saturated carbocycles. The van der Waals surface area contributed by atoms with Crippen molar-refractivity contribution in [3.63, 3.8) is 0 Å². The number of ether oxygens (including phenoxy) is 1. The van der Waals surface area contributed by atoms with Crippen LogP contribution in [0, 0.1) is 0 Å². The van der Waals surface area contributed by atoms with E-state index in [1.54, 1.807) is 0 Å². The molecule has 2 rings (SSSR count). The maximum absolute atomic E-state index is 12.1. The van der Waals surface area contributed by atoms with E-state index in [1.807, 2.05) is 32.3 Å². The fourth-order valence-electron chi connectivity index (χ4n) is 2.32. The molecule has 5 nitrogen and oxygen atoms in total. The van der Waals surface area contributed by atoms with Crippen LogP contribution in [-0.2, 0) is 11.3 Å². The smallest absolute Gasteiger partial charge is 0.251 e. The normalized spacial score (nSPS) is 16.1. The van der Waals surface area contributed by atoms with Crippen LogP contribution in [0.3, 0.4) is 0 Å². The molecule has 0 atom stereocenters. The number of hydrogen-bond acceptors (Lipinski definition) is 4. The minimum atomic E-state index is 0.000627. The Morgan fingerprint density at radius 3 is 2.81 bits per heavy atom. The van der Waals surface area contributed by atoms with Crippen molar-refractivity contribution in [1.82, 2.24) is 15.1 Å². The average Bonchev–Trinajstić information content (AvgIpc) is 2.48. The van der Waals surface area contributed by atoms with E-state index in [1.165, 1.54) is 5.56 Å². The van der Waals surface area contributed by atoms with E-state index in [-0.39, 0.29) is 5.91 Å². The predicted molar refractivity (Wildman–Crippen MR) is 83.4 cm³/mol. The fourth-order valence-corrected chi connectivity index (χ4v) is 2.32. The average molecular weight is 291 g/mol. The van der Waals surface area contributed by atoms with Crippen LogP contribution in [0.2, 0.25) is 0 Å². The topological polar surface area (TPSA) is 44.8 Å². The fraction of sp³-hybridized carbons (Fsp3) is 0.562. The molecule has 1 saturated heterocycles. The highest BCUT2D eigenvalue weighted by Crippen LogP contribution is 2.10. The summed E-state index contributed by atoms with van der Waals surface area (Å²) in [7, 11) is 3.99. The van der Waals surface area contributed by atoms with Crippen LogP contribution in [0.15, 0.2) is 24.3 Å². The Kier molecular flexibility index (Phi) is 6.17. The van der Waals surface area contributed by atoms with Gasteiger partial charge in [0, 0.05) is 38.3 Å². The van der Waals surface area contributed by atoms with Gasteiger partial charge in [0.05, 0.1) is 13.2 Å². The molecule has 21 heavy (non-hydrogen) atoms. The van der Waals surface area contributed by atoms with Crippen molar-refractivity contribution < 1.29 is 9.53 Å². The molecule has 1 heterocycles. The van der Waals surface area contributed by atoms with Gasteiger partial charge in [-0.15, -0.1) is 0 Å². The van der Waals surface area contributed by atoms with E-state index in [0.29, 0.717) is 6.54 Å². The number of amides is 1. The van der Waals surface area contributed by atoms with Gasteiger partial charge in [-0.3, -0.25) is 9.69 Å². The minimum Gasteiger partial charge on any atom is -0.379 e. The Hall–Kier alpha value is -1.43. The van der Waals surface area contributed by atoms with Crippen LogP contribution < -0.4 is 5.32 Å². The van der Waals surface area contributed by atoms with Gasteiger partial charge >= 0.3 is 0 Å². The lowest BCUT2D eigenvalue weighted by molar-refractivity contribution is 0.0342. The molecule has 0 radical (unpaired) electrons. The molecule has 1 fully saturated rings. The van der Waals surface area contributed by atoms with Gasteiger partial charge in [-0.05, 0) is 31.8 Å². The quantitative estimate of drug-likeness (QED) is 0.842. The molecule has 1 aromatic carbocycles. The molecule has 0 unspecified atom stereocenters. The highest BCUT2D eigenvalue weighted by Gasteiger charge is 2.12. The lowest BCUT2D eigenvalue weighted by atomic mass is 10.1. The first-order valence-electron chi connectivity index (χ1n) is 7.47. The molecule has 1 N–H and O–H groups in total. The number of nitrogens with zero attached hydrogens (tertiary/aromatic N) is 2. The molecule has 1 amide bonds. The first kappa shape index (κ1) is 15.9. The van der Waals surface area contributed by atoms with Crippen LogP contribution in [0.4, 0.5) is 0 Å². The molecular weight excluding hydrogens is 266 g/mol. The summed E-state index contributed by atoms with van der Waals surface area (Å²) in [6.07, 6.45) is 0. The van der Waals surface area contributed by atoms with Crippen LogP contribution in [0.5, 0.6) is 0 Å². The third kappa shape index (κ3) is 5.46. The summed E-state index contributed by atoms with van der Waals surface area (Å²) in [5, 5.41) is 2.95. The van der Waals surface area contributed by atoms with Crippen LogP contribution in [0.1, 0.15) is 15.9 Å². The number of rotatable bonds is 6. The third-order valence-corrected chi connectivity index (χ3v) is 3.54. The Balaban J connectivity index is 1.88. The summed E-state index contributed by atoms with van der Waals surface area (Å²) in [5.41, 5.74) is 1.91. The molecule has 1 aromatic rings. The Labute approximate surface area is 126 Å². The monoisotopic (exact) mass is 291 g/mol. The summed E-state index contributed by atoms with van der Waals surface area (Å²) >= 11 is 0. The van der Waals surface area contributed by atoms with Gasteiger partial charge in [-0.1, -0.05) is 12.1 Å². The van der Waals surface area contributed by atoms with E-state index < -0.39 is 0 Å². The van der Waals surface area contributed by atoms with Crippen molar-refractivity contribution in [2.24, 2.45) is 0 Å². The lowest BCUT2D eigenvalue weighted by Crippen LogP contribution is -2.35. The van der Waals surface area contributed by atoms with Crippen molar-refractivity contribution >= 4 is 5.91 Å². The Bertz CT molecular complexity index is 457. The van der Waals surface area contributed by atoms with E-state index in [9.17, 15) is 4.79 Å². The molecule has 0 aromatic heterocycles. The largest absolute Gasteiger partial charge is 0.379 e. The number of carbonyl (C=O) groups excluding carboxylic acids is 1. The van der Waals surface area contributed by atoms with Crippen molar-refractivity contribution in [2.45, 2.75) is 6.54 Å². The summed E-state index contributed by atoms with van der Waals surface area (Å²) in [6.45, 7) is 5.90. The number of hydrogen-bond donors (Lipinski definition) is 1. The van der Waals surface area contributed by atoms with Gasteiger partial charge in [0.1, 0.15) is 0 Å². The highest BCUT2D eigenvalue weighted by atomic mass is 16.5. The molecule has 5 heteroatoms. The van der Waals surface area contributed by atoms with Gasteiger partial charge in [-0.25, -0.2) is 0 Å². The van der Waals surface area contributed by atoms with Crippen molar-refractivity contribution in [3.8, 4) is 0 Å². The van der Waals surface area contributed by atoms with Gasteiger partial charge in [0.15, 0.2) is 0 Å². The van der Waals surface area contributed by atoms with Crippen molar-refractivity contribution in [3.05, 3.63) is 35.4 Å². The number of likely N-dealkylation sites (N-methyl/N-ethyl adjacent to an activating group) is 1. The maximum Gasteiger partial charge on any atom is 0.251 e. The maximum atomic E-state index is 12.1. The van der Waals surface area contributed by atoms with E-state index in [4.69, 9.17) is 4.74 Å². The summed E-state index contributed by atoms with van der Waals surface area (Å²) in [6, 6.07) is 7.89. The lowest BCUT2D eigenvalue weighted by Gasteiger charge is -2.26. The summed E-state index contributed by atoms with van der Waals surface area (Å²) in [4.78, 5) is 16.5. The molecule has 0 spiro atoms. The second-order valence-electron chi connectivity index (χ2n) is 5.65. The third-order valence-electron chi connectivity index (χ3n) is 3.54. The van der Waals surface area contributed by atoms with Gasteiger partial charge in [0.2, 0.25) is 0 Å². The van der Waals surface area contributed by atoms with Crippen molar-refractivity contribution in [1.29, 1.82) is 0 Å². The second kappa shape index (κ2) is 8.12. The zero-order chi connectivity index (χ0) is 15.1. The standard InChI is InChI=1S/C16H25N3O2/c1-18(2)7-6-17-16(20)15-5-3-4-14(12-15)13-19-8-10-21-11-9-19/h3-5,12H,6-11,13H2,1-2H3,(H,17,20). The minimum absolute atomic E-state index is 0.000627. The molecular formula is C16H25N3O2. The summed E-state index contributed by atoms with van der Waals surface area (Å²) in [5.74, 6) is 0.000627. The molecule has 0 bridgehead atoms. The van der Waals surface area contributed by atoms with E-state index >= 15 is 0 Å². The molecule has 1 aliphatic heterocycles. The van der Waals surface area contributed by atoms with Crippen LogP contribution in [0.25, 0.3) is 0 Å². The van der Waals surface area contributed by atoms with Gasteiger partial charge in [-0.2, -0.15) is 0 Å². The Morgan fingerprint density at radius 1 is 1.33 bits per heavy atom. The predicted octanol–water partition coefficient (Wildman–Crippen LogP) is 0.810. The first-order chi connectivity index (χ1) is 10.1. The van der Waals surface area contributed by atoms with E-state index in [0.717, 1.165) is 45.0 Å². The number of nitrogens with one attached hydrogen (secondary N) is 1.